The lowest BCUT2D eigenvalue weighted by atomic mass is 9.98. The summed E-state index contributed by atoms with van der Waals surface area (Å²) < 4.78 is 0. The fourth-order valence-corrected chi connectivity index (χ4v) is 4.44. The van der Waals surface area contributed by atoms with E-state index in [4.69, 9.17) is 11.1 Å². The molecule has 1 heterocycles. The van der Waals surface area contributed by atoms with E-state index in [-0.39, 0.29) is 41.7 Å². The van der Waals surface area contributed by atoms with Crippen molar-refractivity contribution in [3.05, 3.63) is 94.5 Å². The van der Waals surface area contributed by atoms with E-state index in [2.05, 4.69) is 22.2 Å². The number of nitrogens with one attached hydrogen (secondary N) is 2. The van der Waals surface area contributed by atoms with Crippen LogP contribution in [0, 0.1) is 5.41 Å². The van der Waals surface area contributed by atoms with Crippen LogP contribution in [0.2, 0.25) is 0 Å². The largest absolute Gasteiger partial charge is 0.478 e. The number of benzene rings is 3. The lowest BCUT2D eigenvalue weighted by Crippen LogP contribution is -2.28. The maximum Gasteiger partial charge on any atom is 0.335 e. The molecule has 4 rings (SSSR count). The highest BCUT2D eigenvalue weighted by molar-refractivity contribution is 6.07. The number of ketones is 1. The van der Waals surface area contributed by atoms with E-state index >= 15 is 0 Å². The fourth-order valence-electron chi connectivity index (χ4n) is 4.44. The number of carboxylic acid groups (broad SMARTS) is 1. The molecule has 0 aromatic heterocycles. The van der Waals surface area contributed by atoms with Crippen molar-refractivity contribution in [3.63, 3.8) is 0 Å². The number of carboxylic acids is 1. The maximum atomic E-state index is 13.1. The Kier molecular flexibility index (Phi) is 9.81. The van der Waals surface area contributed by atoms with Crippen molar-refractivity contribution in [1.29, 1.82) is 5.41 Å². The number of carbonyl (C=O) groups excluding carboxylic acids is 2. The Hall–Kier alpha value is -4.21. The van der Waals surface area contributed by atoms with Gasteiger partial charge in [-0.25, -0.2) is 4.79 Å². The first-order valence-electron chi connectivity index (χ1n) is 12.4. The van der Waals surface area contributed by atoms with Crippen molar-refractivity contribution in [3.8, 4) is 0 Å². The maximum absolute atomic E-state index is 13.1. The van der Waals surface area contributed by atoms with E-state index in [0.717, 1.165) is 38.3 Å². The zero-order valence-corrected chi connectivity index (χ0v) is 22.5. The lowest BCUT2D eigenvalue weighted by Gasteiger charge is -2.23. The van der Waals surface area contributed by atoms with Crippen LogP contribution in [0.5, 0.6) is 0 Å². The van der Waals surface area contributed by atoms with Gasteiger partial charge in [0.2, 0.25) is 0 Å². The molecule has 204 valence electrons. The van der Waals surface area contributed by atoms with Gasteiger partial charge in [-0.3, -0.25) is 15.0 Å². The number of nitrogen functional groups attached to an aromatic ring is 1. The predicted octanol–water partition coefficient (Wildman–Crippen LogP) is 3.91. The molecular weight excluding hydrogens is 518 g/mol. The van der Waals surface area contributed by atoms with Crippen molar-refractivity contribution in [2.24, 2.45) is 5.73 Å². The minimum absolute atomic E-state index is 0. The van der Waals surface area contributed by atoms with E-state index in [1.54, 1.807) is 36.4 Å². The molecule has 0 spiro atoms. The molecule has 1 amide bonds. The van der Waals surface area contributed by atoms with Gasteiger partial charge in [0, 0.05) is 54.1 Å². The van der Waals surface area contributed by atoms with Gasteiger partial charge in [0.15, 0.2) is 5.78 Å². The number of likely N-dealkylation sites (N-methyl/N-ethyl adjacent to an activating group) is 1. The third-order valence-corrected chi connectivity index (χ3v) is 6.67. The monoisotopic (exact) mass is 549 g/mol. The Morgan fingerprint density at radius 3 is 2.28 bits per heavy atom. The summed E-state index contributed by atoms with van der Waals surface area (Å²) in [6, 6.07) is 18.1. The van der Waals surface area contributed by atoms with Crippen LogP contribution >= 0.6 is 12.4 Å². The molecule has 9 nitrogen and oxygen atoms in total. The standard InChI is InChI=1S/C29H31N5O4.ClH/c1-33-12-3-13-34(15-14-33)24-10-8-19(9-11-24)28(36)32-25-17-23(29(37)38)7-6-20(25)18-26(35)21-4-2-5-22(16-21)27(30)31;/h2,4-11,16-17H,3,12-15,18H2,1H3,(H3,30,31)(H,32,36)(H,37,38);1H. The number of carbonyl (C=O) groups is 3. The van der Waals surface area contributed by atoms with E-state index in [1.807, 2.05) is 12.1 Å². The first-order valence-corrected chi connectivity index (χ1v) is 12.4. The number of hydrogen-bond acceptors (Lipinski definition) is 6. The van der Waals surface area contributed by atoms with Crippen LogP contribution in [0.3, 0.4) is 0 Å². The quantitative estimate of drug-likeness (QED) is 0.190. The summed E-state index contributed by atoms with van der Waals surface area (Å²) >= 11 is 0. The number of halogens is 1. The van der Waals surface area contributed by atoms with Crippen molar-refractivity contribution >= 4 is 47.3 Å². The van der Waals surface area contributed by atoms with E-state index in [1.165, 1.54) is 18.2 Å². The molecule has 0 saturated carbocycles. The highest BCUT2D eigenvalue weighted by Gasteiger charge is 2.17. The number of anilines is 2. The Morgan fingerprint density at radius 1 is 0.897 bits per heavy atom. The van der Waals surface area contributed by atoms with Gasteiger partial charge in [-0.2, -0.15) is 0 Å². The first-order chi connectivity index (χ1) is 18.2. The zero-order chi connectivity index (χ0) is 27.2. The molecule has 1 aliphatic rings. The molecule has 1 aliphatic heterocycles. The predicted molar refractivity (Wildman–Crippen MR) is 155 cm³/mol. The molecule has 0 unspecified atom stereocenters. The molecule has 0 bridgehead atoms. The van der Waals surface area contributed by atoms with Gasteiger partial charge >= 0.3 is 5.97 Å². The highest BCUT2D eigenvalue weighted by atomic mass is 35.5. The molecular formula is C29H32ClN5O4. The summed E-state index contributed by atoms with van der Waals surface area (Å²) in [6.45, 7) is 3.89. The normalized spacial score (nSPS) is 13.6. The first kappa shape index (κ1) is 29.3. The third kappa shape index (κ3) is 7.43. The lowest BCUT2D eigenvalue weighted by molar-refractivity contribution is 0.0696. The second-order valence-corrected chi connectivity index (χ2v) is 9.42. The summed E-state index contributed by atoms with van der Waals surface area (Å²) in [6.07, 6.45) is 0.998. The number of nitrogens with two attached hydrogens (primary N) is 1. The van der Waals surface area contributed by atoms with Gasteiger partial charge in [-0.15, -0.1) is 12.4 Å². The second kappa shape index (κ2) is 13.0. The zero-order valence-electron chi connectivity index (χ0n) is 21.6. The molecule has 39 heavy (non-hydrogen) atoms. The smallest absolute Gasteiger partial charge is 0.335 e. The van der Waals surface area contributed by atoms with Crippen LogP contribution in [-0.4, -0.2) is 66.7 Å². The van der Waals surface area contributed by atoms with Gasteiger partial charge in [0.25, 0.3) is 5.91 Å². The van der Waals surface area contributed by atoms with Gasteiger partial charge in [0.05, 0.1) is 5.56 Å². The Bertz CT molecular complexity index is 1380. The van der Waals surface area contributed by atoms with Gasteiger partial charge in [0.1, 0.15) is 5.84 Å². The summed E-state index contributed by atoms with van der Waals surface area (Å²) in [5.74, 6) is -1.94. The van der Waals surface area contributed by atoms with Gasteiger partial charge in [-0.1, -0.05) is 24.3 Å². The van der Waals surface area contributed by atoms with Gasteiger partial charge in [-0.05, 0) is 68.0 Å². The van der Waals surface area contributed by atoms with Crippen LogP contribution in [0.25, 0.3) is 0 Å². The molecule has 5 N–H and O–H groups in total. The van der Waals surface area contributed by atoms with Crippen LogP contribution in [-0.2, 0) is 6.42 Å². The SMILES string of the molecule is CN1CCCN(c2ccc(C(=O)Nc3cc(C(=O)O)ccc3CC(=O)c3cccc(C(=N)N)c3)cc2)CC1.Cl. The summed E-state index contributed by atoms with van der Waals surface area (Å²) in [5, 5.41) is 19.9. The Morgan fingerprint density at radius 2 is 1.59 bits per heavy atom. The van der Waals surface area contributed by atoms with Crippen molar-refractivity contribution in [1.82, 2.24) is 4.90 Å². The Balaban J connectivity index is 0.00000420. The van der Waals surface area contributed by atoms with Crippen LogP contribution in [0.1, 0.15) is 48.6 Å². The molecule has 10 heteroatoms. The summed E-state index contributed by atoms with van der Waals surface area (Å²) in [4.78, 5) is 42.3. The minimum Gasteiger partial charge on any atom is -0.478 e. The molecule has 3 aromatic rings. The van der Waals surface area contributed by atoms with Crippen molar-refractivity contribution in [2.75, 3.05) is 43.4 Å². The molecule has 1 saturated heterocycles. The average Bonchev–Trinajstić information content (AvgIpc) is 3.14. The van der Waals surface area contributed by atoms with Crippen molar-refractivity contribution in [2.45, 2.75) is 12.8 Å². The van der Waals surface area contributed by atoms with E-state index in [9.17, 15) is 19.5 Å². The Labute approximate surface area is 233 Å². The number of Topliss-reactive ketones (excluding diaryl/α,β-unsaturated/α-hetero) is 1. The number of rotatable bonds is 8. The number of amidine groups is 1. The molecule has 1 fully saturated rings. The highest BCUT2D eigenvalue weighted by Crippen LogP contribution is 2.23. The van der Waals surface area contributed by atoms with Crippen LogP contribution < -0.4 is 16.0 Å². The molecule has 0 atom stereocenters. The molecule has 0 radical (unpaired) electrons. The number of nitrogens with zero attached hydrogens (tertiary/aromatic N) is 2. The van der Waals surface area contributed by atoms with Crippen LogP contribution in [0.15, 0.2) is 66.7 Å². The topological polar surface area (TPSA) is 140 Å². The molecule has 0 aliphatic carbocycles. The number of aromatic carboxylic acids is 1. The average molecular weight is 550 g/mol. The minimum atomic E-state index is -1.14. The fraction of sp³-hybridized carbons (Fsp3) is 0.241. The summed E-state index contributed by atoms with van der Waals surface area (Å²) in [5.41, 5.74) is 8.54. The number of hydrogen-bond donors (Lipinski definition) is 4. The summed E-state index contributed by atoms with van der Waals surface area (Å²) in [7, 11) is 2.11. The molecule has 3 aromatic carbocycles. The second-order valence-electron chi connectivity index (χ2n) is 9.42. The number of amides is 1. The van der Waals surface area contributed by atoms with Crippen molar-refractivity contribution < 1.29 is 19.5 Å². The van der Waals surface area contributed by atoms with E-state index < -0.39 is 11.9 Å². The van der Waals surface area contributed by atoms with Crippen LogP contribution in [0.4, 0.5) is 11.4 Å². The third-order valence-electron chi connectivity index (χ3n) is 6.67. The van der Waals surface area contributed by atoms with E-state index in [0.29, 0.717) is 22.3 Å². The van der Waals surface area contributed by atoms with Gasteiger partial charge < -0.3 is 26.0 Å².